The molecule has 1 fully saturated rings. The number of rotatable bonds is 3. The first-order valence-electron chi connectivity index (χ1n) is 8.13. The van der Waals surface area contributed by atoms with E-state index in [1.54, 1.807) is 16.2 Å². The number of fused-ring (bicyclic) bond motifs is 1. The van der Waals surface area contributed by atoms with Crippen molar-refractivity contribution in [3.8, 4) is 11.1 Å². The number of hydrogen-bond acceptors (Lipinski definition) is 5. The standard InChI is InChI=1S/C18H17ClN4OS/c1-12-14(13-5-3-2-4-6-13)15-16(20-18(19)21-17(15)25-12)23-9-7-22(11-24)8-10-23/h2-6,11H,7-10H2,1H3. The highest BCUT2D eigenvalue weighted by molar-refractivity contribution is 7.19. The Labute approximate surface area is 154 Å². The average Bonchev–Trinajstić information content (AvgIpc) is 2.97. The number of benzene rings is 1. The summed E-state index contributed by atoms with van der Waals surface area (Å²) in [6.07, 6.45) is 0.907. The fourth-order valence-corrected chi connectivity index (χ4v) is 4.54. The van der Waals surface area contributed by atoms with Crippen LogP contribution in [0, 0.1) is 6.92 Å². The molecular formula is C18H17ClN4OS. The number of piperazine rings is 1. The molecule has 4 rings (SSSR count). The van der Waals surface area contributed by atoms with Crippen LogP contribution in [0.5, 0.6) is 0 Å². The zero-order valence-electron chi connectivity index (χ0n) is 13.8. The van der Waals surface area contributed by atoms with Crippen molar-refractivity contribution in [2.24, 2.45) is 0 Å². The summed E-state index contributed by atoms with van der Waals surface area (Å²) < 4.78 is 0. The summed E-state index contributed by atoms with van der Waals surface area (Å²) in [5.41, 5.74) is 2.33. The van der Waals surface area contributed by atoms with Gasteiger partial charge in [0, 0.05) is 36.6 Å². The molecule has 0 unspecified atom stereocenters. The SMILES string of the molecule is Cc1sc2nc(Cl)nc(N3CCN(C=O)CC3)c2c1-c1ccccc1. The van der Waals surface area contributed by atoms with Gasteiger partial charge in [-0.2, -0.15) is 4.98 Å². The topological polar surface area (TPSA) is 49.3 Å². The van der Waals surface area contributed by atoms with E-state index in [9.17, 15) is 4.79 Å². The zero-order valence-corrected chi connectivity index (χ0v) is 15.3. The number of nitrogens with zero attached hydrogens (tertiary/aromatic N) is 4. The van der Waals surface area contributed by atoms with E-state index in [0.717, 1.165) is 41.1 Å². The number of hydrogen-bond donors (Lipinski definition) is 0. The van der Waals surface area contributed by atoms with E-state index in [1.165, 1.54) is 10.4 Å². The Kier molecular flexibility index (Phi) is 4.31. The van der Waals surface area contributed by atoms with Crippen molar-refractivity contribution in [1.82, 2.24) is 14.9 Å². The van der Waals surface area contributed by atoms with Crippen molar-refractivity contribution < 1.29 is 4.79 Å². The molecule has 25 heavy (non-hydrogen) atoms. The summed E-state index contributed by atoms with van der Waals surface area (Å²) >= 11 is 7.84. The molecule has 128 valence electrons. The number of thiophene rings is 1. The molecule has 1 amide bonds. The van der Waals surface area contributed by atoms with Gasteiger partial charge >= 0.3 is 0 Å². The Hall–Kier alpha value is -2.18. The van der Waals surface area contributed by atoms with E-state index >= 15 is 0 Å². The van der Waals surface area contributed by atoms with E-state index < -0.39 is 0 Å². The van der Waals surface area contributed by atoms with E-state index in [0.29, 0.717) is 13.1 Å². The molecule has 3 heterocycles. The second kappa shape index (κ2) is 6.61. The van der Waals surface area contributed by atoms with Gasteiger partial charge in [0.25, 0.3) is 0 Å². The monoisotopic (exact) mass is 372 g/mol. The van der Waals surface area contributed by atoms with Crippen LogP contribution in [-0.4, -0.2) is 47.5 Å². The van der Waals surface area contributed by atoms with Gasteiger partial charge < -0.3 is 9.80 Å². The molecule has 0 aliphatic carbocycles. The highest BCUT2D eigenvalue weighted by Crippen LogP contribution is 2.42. The summed E-state index contributed by atoms with van der Waals surface area (Å²) in [6.45, 7) is 4.97. The molecule has 0 spiro atoms. The Bertz CT molecular complexity index is 920. The Balaban J connectivity index is 1.88. The number of anilines is 1. The quantitative estimate of drug-likeness (QED) is 0.520. The molecule has 0 bridgehead atoms. The molecule has 0 N–H and O–H groups in total. The van der Waals surface area contributed by atoms with E-state index in [4.69, 9.17) is 11.6 Å². The lowest BCUT2D eigenvalue weighted by molar-refractivity contribution is -0.118. The maximum absolute atomic E-state index is 11.0. The van der Waals surface area contributed by atoms with Crippen molar-refractivity contribution in [3.63, 3.8) is 0 Å². The largest absolute Gasteiger partial charge is 0.352 e. The minimum atomic E-state index is 0.265. The van der Waals surface area contributed by atoms with Crippen LogP contribution in [0.25, 0.3) is 21.3 Å². The summed E-state index contributed by atoms with van der Waals surface area (Å²) in [5, 5.41) is 1.32. The molecule has 0 atom stereocenters. The fourth-order valence-electron chi connectivity index (χ4n) is 3.29. The minimum absolute atomic E-state index is 0.265. The van der Waals surface area contributed by atoms with E-state index in [1.807, 2.05) is 18.2 Å². The molecule has 2 aromatic heterocycles. The number of aromatic nitrogens is 2. The molecular weight excluding hydrogens is 356 g/mol. The van der Waals surface area contributed by atoms with Crippen LogP contribution in [0.4, 0.5) is 5.82 Å². The normalized spacial score (nSPS) is 15.0. The summed E-state index contributed by atoms with van der Waals surface area (Å²) in [4.78, 5) is 26.1. The fraction of sp³-hybridized carbons (Fsp3) is 0.278. The number of halogens is 1. The Morgan fingerprint density at radius 3 is 2.52 bits per heavy atom. The first-order valence-corrected chi connectivity index (χ1v) is 9.33. The molecule has 0 radical (unpaired) electrons. The van der Waals surface area contributed by atoms with Gasteiger partial charge in [0.15, 0.2) is 0 Å². The maximum atomic E-state index is 11.0. The van der Waals surface area contributed by atoms with Crippen LogP contribution >= 0.6 is 22.9 Å². The van der Waals surface area contributed by atoms with Gasteiger partial charge in [-0.3, -0.25) is 4.79 Å². The van der Waals surface area contributed by atoms with E-state index in [2.05, 4.69) is 33.9 Å². The molecule has 1 aliphatic heterocycles. The van der Waals surface area contributed by atoms with Gasteiger partial charge in [-0.15, -0.1) is 11.3 Å². The number of aryl methyl sites for hydroxylation is 1. The van der Waals surface area contributed by atoms with Crippen molar-refractivity contribution >= 4 is 45.4 Å². The van der Waals surface area contributed by atoms with E-state index in [-0.39, 0.29) is 5.28 Å². The predicted octanol–water partition coefficient (Wildman–Crippen LogP) is 3.60. The molecule has 1 saturated heterocycles. The number of amides is 1. The van der Waals surface area contributed by atoms with Gasteiger partial charge in [0.05, 0.1) is 5.39 Å². The smallest absolute Gasteiger partial charge is 0.225 e. The lowest BCUT2D eigenvalue weighted by atomic mass is 10.0. The summed E-state index contributed by atoms with van der Waals surface area (Å²) in [6, 6.07) is 10.3. The lowest BCUT2D eigenvalue weighted by Crippen LogP contribution is -2.46. The van der Waals surface area contributed by atoms with Crippen molar-refractivity contribution in [1.29, 1.82) is 0 Å². The van der Waals surface area contributed by atoms with Gasteiger partial charge in [-0.05, 0) is 24.1 Å². The first-order chi connectivity index (χ1) is 12.2. The average molecular weight is 373 g/mol. The lowest BCUT2D eigenvalue weighted by Gasteiger charge is -2.33. The van der Waals surface area contributed by atoms with Crippen LogP contribution < -0.4 is 4.90 Å². The first kappa shape index (κ1) is 16.3. The van der Waals surface area contributed by atoms with Gasteiger partial charge in [-0.1, -0.05) is 30.3 Å². The van der Waals surface area contributed by atoms with Crippen molar-refractivity contribution in [3.05, 3.63) is 40.5 Å². The third-order valence-electron chi connectivity index (χ3n) is 4.51. The number of carbonyl (C=O) groups is 1. The van der Waals surface area contributed by atoms with Crippen molar-refractivity contribution in [2.75, 3.05) is 31.1 Å². The summed E-state index contributed by atoms with van der Waals surface area (Å²) in [5.74, 6) is 0.865. The Morgan fingerprint density at radius 1 is 1.12 bits per heavy atom. The van der Waals surface area contributed by atoms with Crippen LogP contribution in [-0.2, 0) is 4.79 Å². The highest BCUT2D eigenvalue weighted by atomic mass is 35.5. The molecule has 1 aromatic carbocycles. The Morgan fingerprint density at radius 2 is 1.84 bits per heavy atom. The highest BCUT2D eigenvalue weighted by Gasteiger charge is 2.24. The molecule has 7 heteroatoms. The summed E-state index contributed by atoms with van der Waals surface area (Å²) in [7, 11) is 0. The number of carbonyl (C=O) groups excluding carboxylic acids is 1. The third kappa shape index (κ3) is 2.96. The minimum Gasteiger partial charge on any atom is -0.352 e. The van der Waals surface area contributed by atoms with Gasteiger partial charge in [0.1, 0.15) is 10.6 Å². The van der Waals surface area contributed by atoms with Gasteiger partial charge in [0.2, 0.25) is 11.7 Å². The van der Waals surface area contributed by atoms with Crippen LogP contribution in [0.3, 0.4) is 0 Å². The maximum Gasteiger partial charge on any atom is 0.225 e. The van der Waals surface area contributed by atoms with Crippen LogP contribution in [0.1, 0.15) is 4.88 Å². The molecule has 5 nitrogen and oxygen atoms in total. The molecule has 3 aromatic rings. The predicted molar refractivity (Wildman–Crippen MR) is 102 cm³/mol. The molecule has 1 aliphatic rings. The van der Waals surface area contributed by atoms with Crippen molar-refractivity contribution in [2.45, 2.75) is 6.92 Å². The van der Waals surface area contributed by atoms with Gasteiger partial charge in [-0.25, -0.2) is 4.98 Å². The van der Waals surface area contributed by atoms with Crippen LogP contribution in [0.15, 0.2) is 30.3 Å². The second-order valence-electron chi connectivity index (χ2n) is 6.02. The second-order valence-corrected chi connectivity index (χ2v) is 7.57. The third-order valence-corrected chi connectivity index (χ3v) is 5.67. The zero-order chi connectivity index (χ0) is 17.4. The van der Waals surface area contributed by atoms with Crippen LogP contribution in [0.2, 0.25) is 5.28 Å². The molecule has 0 saturated carbocycles.